The molecule has 6 heteroatoms. The molecule has 0 aliphatic heterocycles. The molecule has 4 rings (SSSR count). The van der Waals surface area contributed by atoms with Crippen molar-refractivity contribution in [2.24, 2.45) is 0 Å². The summed E-state index contributed by atoms with van der Waals surface area (Å²) in [5, 5.41) is 3.92. The van der Waals surface area contributed by atoms with Crippen molar-refractivity contribution in [2.45, 2.75) is 52.6 Å². The molecule has 0 saturated carbocycles. The number of para-hydroxylation sites is 2. The van der Waals surface area contributed by atoms with Crippen LogP contribution in [-0.2, 0) is 17.8 Å². The second-order valence-corrected chi connectivity index (χ2v) is 9.37. The number of carbonyl (C=O) groups is 1. The number of hydrogen-bond donors (Lipinski definition) is 1. The van der Waals surface area contributed by atoms with Gasteiger partial charge in [0.1, 0.15) is 11.6 Å². The molecule has 1 N–H and O–H groups in total. The van der Waals surface area contributed by atoms with Crippen LogP contribution < -0.4 is 10.1 Å². The summed E-state index contributed by atoms with van der Waals surface area (Å²) < 4.78 is 8.20. The molecule has 1 atom stereocenters. The van der Waals surface area contributed by atoms with Crippen LogP contribution in [0.15, 0.2) is 66.7 Å². The van der Waals surface area contributed by atoms with Gasteiger partial charge in [0.25, 0.3) is 0 Å². The van der Waals surface area contributed by atoms with Crippen LogP contribution in [0, 0.1) is 13.8 Å². The van der Waals surface area contributed by atoms with Gasteiger partial charge in [0.15, 0.2) is 0 Å². The average Bonchev–Trinajstić information content (AvgIpc) is 3.21. The molecule has 5 nitrogen and oxygen atoms in total. The molecule has 35 heavy (non-hydrogen) atoms. The van der Waals surface area contributed by atoms with Gasteiger partial charge in [0.05, 0.1) is 30.1 Å². The number of benzene rings is 3. The lowest BCUT2D eigenvalue weighted by atomic mass is 10.1. The Labute approximate surface area is 212 Å². The molecule has 0 aliphatic rings. The summed E-state index contributed by atoms with van der Waals surface area (Å²) in [6.45, 7) is 7.42. The van der Waals surface area contributed by atoms with Crippen molar-refractivity contribution in [1.29, 1.82) is 0 Å². The summed E-state index contributed by atoms with van der Waals surface area (Å²) in [6.07, 6.45) is 2.19. The largest absolute Gasteiger partial charge is 0.494 e. The first kappa shape index (κ1) is 24.8. The molecule has 1 heterocycles. The first-order valence-electron chi connectivity index (χ1n) is 12.1. The topological polar surface area (TPSA) is 56.1 Å². The van der Waals surface area contributed by atoms with Crippen molar-refractivity contribution < 1.29 is 9.53 Å². The maximum atomic E-state index is 12.7. The normalized spacial score (nSPS) is 12.0. The van der Waals surface area contributed by atoms with Crippen molar-refractivity contribution in [2.75, 3.05) is 6.61 Å². The van der Waals surface area contributed by atoms with Crippen molar-refractivity contribution in [1.82, 2.24) is 14.9 Å². The standard InChI is InChI=1S/C29H32ClN3O2/c1-20-17-24(18-21(2)28(20)30)35-16-10-9-15-33-26-14-8-7-13-25(26)32-29(33)22(3)31-27(34)19-23-11-5-4-6-12-23/h4-8,11-14,17-18,22H,9-10,15-16,19H2,1-3H3,(H,31,34). The Morgan fingerprint density at radius 1 is 1.03 bits per heavy atom. The molecule has 0 fully saturated rings. The average molecular weight is 490 g/mol. The van der Waals surface area contributed by atoms with Gasteiger partial charge >= 0.3 is 0 Å². The van der Waals surface area contributed by atoms with Gasteiger partial charge < -0.3 is 14.6 Å². The summed E-state index contributed by atoms with van der Waals surface area (Å²) in [6, 6.07) is 21.7. The Kier molecular flexibility index (Phi) is 8.09. The second-order valence-electron chi connectivity index (χ2n) is 8.99. The number of unbranched alkanes of at least 4 members (excludes halogenated alkanes) is 1. The monoisotopic (exact) mass is 489 g/mol. The maximum Gasteiger partial charge on any atom is 0.224 e. The van der Waals surface area contributed by atoms with E-state index in [1.54, 1.807) is 0 Å². The molecule has 1 unspecified atom stereocenters. The Bertz CT molecular complexity index is 1280. The molecule has 182 valence electrons. The van der Waals surface area contributed by atoms with E-state index in [2.05, 4.69) is 16.0 Å². The highest BCUT2D eigenvalue weighted by atomic mass is 35.5. The Balaban J connectivity index is 1.38. The number of ether oxygens (including phenoxy) is 1. The summed E-state index contributed by atoms with van der Waals surface area (Å²) >= 11 is 6.26. The first-order chi connectivity index (χ1) is 16.9. The van der Waals surface area contributed by atoms with Crippen molar-refractivity contribution in [3.05, 3.63) is 94.3 Å². The summed E-state index contributed by atoms with van der Waals surface area (Å²) in [4.78, 5) is 17.5. The molecule has 4 aromatic rings. The number of nitrogens with zero attached hydrogens (tertiary/aromatic N) is 2. The van der Waals surface area contributed by atoms with Gasteiger partial charge in [-0.05, 0) is 74.6 Å². The van der Waals surface area contributed by atoms with Crippen molar-refractivity contribution in [3.63, 3.8) is 0 Å². The van der Waals surface area contributed by atoms with E-state index in [1.807, 2.05) is 81.4 Å². The third-order valence-electron chi connectivity index (χ3n) is 6.11. The van der Waals surface area contributed by atoms with Crippen LogP contribution in [0.5, 0.6) is 5.75 Å². The Morgan fingerprint density at radius 2 is 1.71 bits per heavy atom. The lowest BCUT2D eigenvalue weighted by Gasteiger charge is -2.17. The zero-order chi connectivity index (χ0) is 24.8. The van der Waals surface area contributed by atoms with E-state index in [0.29, 0.717) is 13.0 Å². The number of nitrogens with one attached hydrogen (secondary N) is 1. The van der Waals surface area contributed by atoms with E-state index >= 15 is 0 Å². The fraction of sp³-hybridized carbons (Fsp3) is 0.310. The van der Waals surface area contributed by atoms with Crippen molar-refractivity contribution >= 4 is 28.5 Å². The predicted molar refractivity (Wildman–Crippen MR) is 142 cm³/mol. The van der Waals surface area contributed by atoms with E-state index in [-0.39, 0.29) is 11.9 Å². The molecule has 0 radical (unpaired) electrons. The molecule has 1 amide bonds. The third-order valence-corrected chi connectivity index (χ3v) is 6.71. The minimum absolute atomic E-state index is 0.00995. The third kappa shape index (κ3) is 6.23. The smallest absolute Gasteiger partial charge is 0.224 e. The summed E-state index contributed by atoms with van der Waals surface area (Å²) in [5.74, 6) is 1.72. The van der Waals surface area contributed by atoms with E-state index < -0.39 is 0 Å². The number of carbonyl (C=O) groups excluding carboxylic acids is 1. The number of halogens is 1. The summed E-state index contributed by atoms with van der Waals surface area (Å²) in [7, 11) is 0. The number of amides is 1. The number of fused-ring (bicyclic) bond motifs is 1. The Hall–Kier alpha value is -3.31. The molecule has 0 bridgehead atoms. The Morgan fingerprint density at radius 3 is 2.46 bits per heavy atom. The van der Waals surface area contributed by atoms with Gasteiger partial charge in [-0.2, -0.15) is 0 Å². The molecule has 3 aromatic carbocycles. The van der Waals surface area contributed by atoms with Gasteiger partial charge in [-0.1, -0.05) is 54.1 Å². The van der Waals surface area contributed by atoms with Crippen LogP contribution in [0.25, 0.3) is 11.0 Å². The minimum Gasteiger partial charge on any atom is -0.494 e. The molecule has 0 saturated heterocycles. The zero-order valence-electron chi connectivity index (χ0n) is 20.6. The van der Waals surface area contributed by atoms with Crippen LogP contribution in [0.2, 0.25) is 5.02 Å². The van der Waals surface area contributed by atoms with Gasteiger partial charge in [-0.3, -0.25) is 4.79 Å². The molecule has 0 spiro atoms. The van der Waals surface area contributed by atoms with E-state index in [1.165, 1.54) is 0 Å². The van der Waals surface area contributed by atoms with Crippen molar-refractivity contribution in [3.8, 4) is 5.75 Å². The van der Waals surface area contributed by atoms with E-state index in [9.17, 15) is 4.79 Å². The zero-order valence-corrected chi connectivity index (χ0v) is 21.3. The fourth-order valence-electron chi connectivity index (χ4n) is 4.35. The van der Waals surface area contributed by atoms with Crippen LogP contribution in [-0.4, -0.2) is 22.1 Å². The van der Waals surface area contributed by atoms with Crippen LogP contribution >= 0.6 is 11.6 Å². The second kappa shape index (κ2) is 11.4. The highest BCUT2D eigenvalue weighted by Crippen LogP contribution is 2.26. The molecule has 0 aliphatic carbocycles. The van der Waals surface area contributed by atoms with Crippen LogP contribution in [0.3, 0.4) is 0 Å². The number of aryl methyl sites for hydroxylation is 3. The molecular formula is C29H32ClN3O2. The van der Waals surface area contributed by atoms with E-state index in [0.717, 1.165) is 63.7 Å². The fourth-order valence-corrected chi connectivity index (χ4v) is 4.46. The minimum atomic E-state index is -0.199. The van der Waals surface area contributed by atoms with Gasteiger partial charge in [0, 0.05) is 11.6 Å². The predicted octanol–water partition coefficient (Wildman–Crippen LogP) is 6.59. The lowest BCUT2D eigenvalue weighted by Crippen LogP contribution is -2.30. The first-order valence-corrected chi connectivity index (χ1v) is 12.5. The lowest BCUT2D eigenvalue weighted by molar-refractivity contribution is -0.121. The quantitative estimate of drug-likeness (QED) is 0.256. The number of hydrogen-bond acceptors (Lipinski definition) is 3. The molecule has 1 aromatic heterocycles. The number of imidazole rings is 1. The van der Waals surface area contributed by atoms with Gasteiger partial charge in [-0.25, -0.2) is 4.98 Å². The number of aromatic nitrogens is 2. The van der Waals surface area contributed by atoms with Gasteiger partial charge in [0.2, 0.25) is 5.91 Å². The number of rotatable bonds is 10. The highest BCUT2D eigenvalue weighted by molar-refractivity contribution is 6.32. The highest BCUT2D eigenvalue weighted by Gasteiger charge is 2.18. The SMILES string of the molecule is Cc1cc(OCCCCn2c(C(C)NC(=O)Cc3ccccc3)nc3ccccc32)cc(C)c1Cl. The van der Waals surface area contributed by atoms with E-state index in [4.69, 9.17) is 21.3 Å². The summed E-state index contributed by atoms with van der Waals surface area (Å²) in [5.41, 5.74) is 5.07. The van der Waals surface area contributed by atoms with Crippen LogP contribution in [0.1, 0.15) is 48.3 Å². The molecular weight excluding hydrogens is 458 g/mol. The maximum absolute atomic E-state index is 12.7. The van der Waals surface area contributed by atoms with Gasteiger partial charge in [-0.15, -0.1) is 0 Å². The van der Waals surface area contributed by atoms with Crippen LogP contribution in [0.4, 0.5) is 0 Å².